The average molecular weight is 599 g/mol. The third-order valence-corrected chi connectivity index (χ3v) is 8.21. The number of hydrogen-bond acceptors (Lipinski definition) is 9. The van der Waals surface area contributed by atoms with E-state index in [-0.39, 0.29) is 19.0 Å². The van der Waals surface area contributed by atoms with Gasteiger partial charge in [0.25, 0.3) is 5.56 Å². The minimum Gasteiger partial charge on any atom is -0.493 e. The maximum atomic E-state index is 13.9. The van der Waals surface area contributed by atoms with Crippen molar-refractivity contribution in [2.45, 2.75) is 33.4 Å². The van der Waals surface area contributed by atoms with Gasteiger partial charge in [0, 0.05) is 0 Å². The summed E-state index contributed by atoms with van der Waals surface area (Å²) in [6.07, 6.45) is 1.80. The molecule has 43 heavy (non-hydrogen) atoms. The molecule has 0 N–H and O–H groups in total. The van der Waals surface area contributed by atoms with Gasteiger partial charge in [0.1, 0.15) is 6.61 Å². The highest BCUT2D eigenvalue weighted by Crippen LogP contribution is 2.34. The van der Waals surface area contributed by atoms with E-state index in [9.17, 15) is 9.59 Å². The lowest BCUT2D eigenvalue weighted by Gasteiger charge is -2.24. The maximum Gasteiger partial charge on any atom is 0.338 e. The number of aromatic nitrogens is 1. The molecule has 1 atom stereocenters. The van der Waals surface area contributed by atoms with Gasteiger partial charge < -0.3 is 23.7 Å². The molecule has 0 bridgehead atoms. The molecule has 0 unspecified atom stereocenters. The summed E-state index contributed by atoms with van der Waals surface area (Å²) in [5, 5.41) is 0. The predicted octanol–water partition coefficient (Wildman–Crippen LogP) is 4.42. The van der Waals surface area contributed by atoms with E-state index in [4.69, 9.17) is 23.7 Å². The predicted molar refractivity (Wildman–Crippen MR) is 161 cm³/mol. The van der Waals surface area contributed by atoms with E-state index in [0.29, 0.717) is 50.2 Å². The van der Waals surface area contributed by atoms with E-state index >= 15 is 0 Å². The average Bonchev–Trinajstić information content (AvgIpc) is 3.59. The third kappa shape index (κ3) is 5.53. The number of nitrogens with zero attached hydrogens (tertiary/aromatic N) is 2. The number of esters is 1. The van der Waals surface area contributed by atoms with Crippen molar-refractivity contribution >= 4 is 23.4 Å². The first kappa shape index (κ1) is 28.3. The van der Waals surface area contributed by atoms with Crippen LogP contribution in [0.25, 0.3) is 6.08 Å². The van der Waals surface area contributed by atoms with Crippen LogP contribution in [0.2, 0.25) is 0 Å². The topological polar surface area (TPSA) is 97.6 Å². The Morgan fingerprint density at radius 1 is 1.05 bits per heavy atom. The van der Waals surface area contributed by atoms with Gasteiger partial charge in [-0.2, -0.15) is 0 Å². The van der Waals surface area contributed by atoms with Gasteiger partial charge in [-0.1, -0.05) is 53.3 Å². The quantitative estimate of drug-likeness (QED) is 0.277. The molecule has 220 valence electrons. The number of rotatable bonds is 8. The zero-order valence-electron chi connectivity index (χ0n) is 24.2. The summed E-state index contributed by atoms with van der Waals surface area (Å²) in [4.78, 5) is 32.1. The lowest BCUT2D eigenvalue weighted by atomic mass is 9.95. The van der Waals surface area contributed by atoms with Crippen molar-refractivity contribution in [3.05, 3.63) is 114 Å². The molecule has 3 heterocycles. The minimum absolute atomic E-state index is 0.214. The summed E-state index contributed by atoms with van der Waals surface area (Å²) in [5.41, 5.74) is 4.21. The molecule has 4 aromatic rings. The Balaban J connectivity index is 1.34. The van der Waals surface area contributed by atoms with E-state index < -0.39 is 12.0 Å². The molecule has 0 aliphatic carbocycles. The number of benzene rings is 3. The van der Waals surface area contributed by atoms with E-state index in [0.717, 1.165) is 22.3 Å². The number of allylic oxidation sites excluding steroid dienone is 1. The molecule has 0 fully saturated rings. The lowest BCUT2D eigenvalue weighted by molar-refractivity contribution is -0.139. The molecule has 2 aliphatic heterocycles. The van der Waals surface area contributed by atoms with Crippen LogP contribution in [0.5, 0.6) is 23.0 Å². The molecule has 10 heteroatoms. The second-order valence-electron chi connectivity index (χ2n) is 10.1. The van der Waals surface area contributed by atoms with E-state index in [1.54, 1.807) is 31.6 Å². The Morgan fingerprint density at radius 2 is 1.84 bits per heavy atom. The van der Waals surface area contributed by atoms with Crippen LogP contribution < -0.4 is 33.8 Å². The van der Waals surface area contributed by atoms with E-state index in [2.05, 4.69) is 4.99 Å². The molecule has 3 aromatic carbocycles. The summed E-state index contributed by atoms with van der Waals surface area (Å²) >= 11 is 1.27. The normalized spacial score (nSPS) is 15.6. The number of hydrogen-bond donors (Lipinski definition) is 0. The SMILES string of the molecule is CCOC(=O)C1=C(C)N=c2s/c(=C/c3ccc(OCc4ccc5c(c4)OCO5)c(OC)c3)c(=O)n2[C@H]1c1ccc(C)cc1. The standard InChI is InChI=1S/C33H30N2O7S/c1-5-39-32(37)29-20(3)34-33-35(30(29)23-10-6-19(2)7-11-23)31(36)28(43-33)16-21-8-12-24(26(14-21)38-4)40-17-22-9-13-25-27(15-22)42-18-41-25/h6-16,30H,5,17-18H2,1-4H3/b28-16+/t30-/m0/s1. The monoisotopic (exact) mass is 598 g/mol. The van der Waals surface area contributed by atoms with Crippen molar-refractivity contribution in [1.29, 1.82) is 0 Å². The van der Waals surface area contributed by atoms with Gasteiger partial charge in [0.2, 0.25) is 6.79 Å². The molecule has 9 nitrogen and oxygen atoms in total. The van der Waals surface area contributed by atoms with Crippen molar-refractivity contribution in [1.82, 2.24) is 4.57 Å². The first-order chi connectivity index (χ1) is 20.9. The van der Waals surface area contributed by atoms with Crippen LogP contribution in [0, 0.1) is 6.92 Å². The number of thiazole rings is 1. The van der Waals surface area contributed by atoms with Gasteiger partial charge in [-0.25, -0.2) is 9.79 Å². The molecule has 0 spiro atoms. The first-order valence-corrected chi connectivity index (χ1v) is 14.6. The molecule has 0 saturated heterocycles. The molecular weight excluding hydrogens is 568 g/mol. The van der Waals surface area contributed by atoms with Crippen LogP contribution in [-0.4, -0.2) is 31.0 Å². The zero-order valence-corrected chi connectivity index (χ0v) is 25.0. The maximum absolute atomic E-state index is 13.9. The number of methoxy groups -OCH3 is 1. The summed E-state index contributed by atoms with van der Waals surface area (Å²) in [7, 11) is 1.57. The molecule has 0 saturated carbocycles. The first-order valence-electron chi connectivity index (χ1n) is 13.8. The fourth-order valence-electron chi connectivity index (χ4n) is 5.09. The number of ether oxygens (including phenoxy) is 5. The van der Waals surface area contributed by atoms with Gasteiger partial charge >= 0.3 is 5.97 Å². The Bertz CT molecular complexity index is 1920. The summed E-state index contributed by atoms with van der Waals surface area (Å²) in [6, 6.07) is 18.3. The van der Waals surface area contributed by atoms with Gasteiger partial charge in [-0.3, -0.25) is 9.36 Å². The van der Waals surface area contributed by atoms with Gasteiger partial charge in [-0.05, 0) is 67.8 Å². The van der Waals surface area contributed by atoms with Crippen molar-refractivity contribution in [2.75, 3.05) is 20.5 Å². The second kappa shape index (κ2) is 11.8. The fraction of sp³-hybridized carbons (Fsp3) is 0.242. The molecule has 6 rings (SSSR count). The highest BCUT2D eigenvalue weighted by Gasteiger charge is 2.33. The smallest absolute Gasteiger partial charge is 0.338 e. The van der Waals surface area contributed by atoms with Crippen LogP contribution >= 0.6 is 11.3 Å². The number of carbonyl (C=O) groups is 1. The molecule has 2 aliphatic rings. The van der Waals surface area contributed by atoms with Gasteiger partial charge in [0.05, 0.1) is 35.6 Å². The van der Waals surface area contributed by atoms with E-state index in [1.165, 1.54) is 11.3 Å². The Kier molecular flexibility index (Phi) is 7.77. The number of fused-ring (bicyclic) bond motifs is 2. The third-order valence-electron chi connectivity index (χ3n) is 7.23. The molecule has 1 aromatic heterocycles. The highest BCUT2D eigenvalue weighted by molar-refractivity contribution is 7.07. The summed E-state index contributed by atoms with van der Waals surface area (Å²) < 4.78 is 29.9. The molecule has 0 radical (unpaired) electrons. The summed E-state index contributed by atoms with van der Waals surface area (Å²) in [5.74, 6) is 2.02. The number of aryl methyl sites for hydroxylation is 1. The zero-order chi connectivity index (χ0) is 30.1. The molecular formula is C33H30N2O7S. The fourth-order valence-corrected chi connectivity index (χ4v) is 6.14. The van der Waals surface area contributed by atoms with Crippen LogP contribution in [0.1, 0.15) is 42.1 Å². The van der Waals surface area contributed by atoms with Crippen molar-refractivity contribution in [3.8, 4) is 23.0 Å². The molecule has 0 amide bonds. The van der Waals surface area contributed by atoms with Crippen molar-refractivity contribution < 1.29 is 28.5 Å². The van der Waals surface area contributed by atoms with Crippen LogP contribution in [0.15, 0.2) is 81.7 Å². The Labute approximate surface area is 251 Å². The van der Waals surface area contributed by atoms with Crippen LogP contribution in [0.4, 0.5) is 0 Å². The lowest BCUT2D eigenvalue weighted by Crippen LogP contribution is -2.39. The second-order valence-corrected chi connectivity index (χ2v) is 11.1. The van der Waals surface area contributed by atoms with Gasteiger partial charge in [-0.15, -0.1) is 0 Å². The highest BCUT2D eigenvalue weighted by atomic mass is 32.1. The van der Waals surface area contributed by atoms with Crippen LogP contribution in [-0.2, 0) is 16.1 Å². The number of carbonyl (C=O) groups excluding carboxylic acids is 1. The van der Waals surface area contributed by atoms with Crippen molar-refractivity contribution in [3.63, 3.8) is 0 Å². The Morgan fingerprint density at radius 3 is 2.60 bits per heavy atom. The Hall–Kier alpha value is -4.83. The van der Waals surface area contributed by atoms with Gasteiger partial charge in [0.15, 0.2) is 27.8 Å². The minimum atomic E-state index is -0.653. The van der Waals surface area contributed by atoms with Crippen molar-refractivity contribution in [2.24, 2.45) is 4.99 Å². The van der Waals surface area contributed by atoms with E-state index in [1.807, 2.05) is 67.6 Å². The summed E-state index contributed by atoms with van der Waals surface area (Å²) in [6.45, 7) is 6.27. The van der Waals surface area contributed by atoms with Crippen LogP contribution in [0.3, 0.4) is 0 Å². The largest absolute Gasteiger partial charge is 0.493 e.